The van der Waals surface area contributed by atoms with Crippen LogP contribution in [0.5, 0.6) is 0 Å². The van der Waals surface area contributed by atoms with Crippen LogP contribution in [-0.4, -0.2) is 19.6 Å². The van der Waals surface area contributed by atoms with Crippen molar-refractivity contribution in [1.82, 2.24) is 5.16 Å². The molecule has 0 aliphatic carbocycles. The molecule has 2 aromatic carbocycles. The molecule has 0 fully saturated rings. The van der Waals surface area contributed by atoms with Crippen LogP contribution in [0.2, 0.25) is 0 Å². The average Bonchev–Trinajstić information content (AvgIpc) is 3.17. The normalized spacial score (nSPS) is 16.7. The molecule has 1 aliphatic heterocycles. The van der Waals surface area contributed by atoms with Crippen LogP contribution in [0.15, 0.2) is 57.9 Å². The van der Waals surface area contributed by atoms with Gasteiger partial charge in [0.2, 0.25) is 0 Å². The van der Waals surface area contributed by atoms with E-state index in [9.17, 15) is 8.42 Å². The Morgan fingerprint density at radius 2 is 1.88 bits per heavy atom. The van der Waals surface area contributed by atoms with Crippen molar-refractivity contribution in [2.75, 3.05) is 4.31 Å². The van der Waals surface area contributed by atoms with Crippen LogP contribution in [0.25, 0.3) is 11.3 Å². The highest BCUT2D eigenvalue weighted by Crippen LogP contribution is 2.37. The topological polar surface area (TPSA) is 63.4 Å². The van der Waals surface area contributed by atoms with Gasteiger partial charge in [0.1, 0.15) is 0 Å². The van der Waals surface area contributed by atoms with E-state index >= 15 is 0 Å². The number of hydrogen-bond acceptors (Lipinski definition) is 4. The van der Waals surface area contributed by atoms with E-state index < -0.39 is 10.0 Å². The van der Waals surface area contributed by atoms with Crippen molar-refractivity contribution in [3.8, 4) is 11.3 Å². The summed E-state index contributed by atoms with van der Waals surface area (Å²) in [5, 5.41) is 3.89. The van der Waals surface area contributed by atoms with Gasteiger partial charge in [0, 0.05) is 17.7 Å². The predicted molar refractivity (Wildman–Crippen MR) is 101 cm³/mol. The van der Waals surface area contributed by atoms with E-state index in [2.05, 4.69) is 5.16 Å². The molecular weight excluding hydrogens is 348 g/mol. The van der Waals surface area contributed by atoms with E-state index in [1.807, 2.05) is 57.2 Å². The van der Waals surface area contributed by atoms with Gasteiger partial charge in [-0.15, -0.1) is 0 Å². The molecule has 2 heterocycles. The Morgan fingerprint density at radius 1 is 1.12 bits per heavy atom. The molecule has 1 unspecified atom stereocenters. The molecule has 1 aliphatic rings. The van der Waals surface area contributed by atoms with Crippen LogP contribution in [0, 0.1) is 13.8 Å². The van der Waals surface area contributed by atoms with Gasteiger partial charge in [0.25, 0.3) is 10.0 Å². The largest absolute Gasteiger partial charge is 0.356 e. The molecule has 1 atom stereocenters. The van der Waals surface area contributed by atoms with Gasteiger partial charge in [-0.1, -0.05) is 23.4 Å². The number of rotatable bonds is 3. The fourth-order valence-corrected chi connectivity index (χ4v) is 5.50. The molecule has 0 saturated carbocycles. The van der Waals surface area contributed by atoms with Gasteiger partial charge in [-0.05, 0) is 62.6 Å². The SMILES string of the molecule is Cc1cc(-c2ccc(S(=O)(=O)N3c4ccccc4CC3C)c(C)c2)on1. The minimum atomic E-state index is -3.64. The number of nitrogens with zero attached hydrogens (tertiary/aromatic N) is 2. The second-order valence-corrected chi connectivity index (χ2v) is 8.58. The maximum atomic E-state index is 13.4. The Morgan fingerprint density at radius 3 is 2.58 bits per heavy atom. The highest BCUT2D eigenvalue weighted by molar-refractivity contribution is 7.93. The minimum absolute atomic E-state index is 0.103. The van der Waals surface area contributed by atoms with E-state index in [-0.39, 0.29) is 6.04 Å². The summed E-state index contributed by atoms with van der Waals surface area (Å²) in [5.74, 6) is 0.634. The lowest BCUT2D eigenvalue weighted by atomic mass is 10.1. The molecule has 5 nitrogen and oxygen atoms in total. The Kier molecular flexibility index (Phi) is 3.88. The molecule has 4 rings (SSSR count). The summed E-state index contributed by atoms with van der Waals surface area (Å²) in [6.45, 7) is 5.61. The van der Waals surface area contributed by atoms with Crippen LogP contribution in [0.1, 0.15) is 23.7 Å². The molecule has 0 spiro atoms. The Balaban J connectivity index is 1.77. The second-order valence-electron chi connectivity index (χ2n) is 6.80. The fourth-order valence-electron chi connectivity index (χ4n) is 3.60. The molecule has 0 saturated heterocycles. The highest BCUT2D eigenvalue weighted by Gasteiger charge is 2.36. The summed E-state index contributed by atoms with van der Waals surface area (Å²) >= 11 is 0. The van der Waals surface area contributed by atoms with Crippen LogP contribution in [0.4, 0.5) is 5.69 Å². The number of fused-ring (bicyclic) bond motifs is 1. The first kappa shape index (κ1) is 16.8. The number of para-hydroxylation sites is 1. The Labute approximate surface area is 153 Å². The summed E-state index contributed by atoms with van der Waals surface area (Å²) < 4.78 is 33.6. The van der Waals surface area contributed by atoms with Crippen molar-refractivity contribution < 1.29 is 12.9 Å². The summed E-state index contributed by atoms with van der Waals surface area (Å²) in [5.41, 5.74) is 4.13. The molecular formula is C20H20N2O3S. The highest BCUT2D eigenvalue weighted by atomic mass is 32.2. The van der Waals surface area contributed by atoms with Crippen LogP contribution < -0.4 is 4.31 Å². The number of anilines is 1. The number of benzene rings is 2. The molecule has 0 N–H and O–H groups in total. The molecule has 0 radical (unpaired) electrons. The first-order valence-electron chi connectivity index (χ1n) is 8.54. The molecule has 1 aromatic heterocycles. The van der Waals surface area contributed by atoms with Gasteiger partial charge >= 0.3 is 0 Å². The average molecular weight is 368 g/mol. The van der Waals surface area contributed by atoms with Gasteiger partial charge in [0.05, 0.1) is 16.3 Å². The van der Waals surface area contributed by atoms with Crippen molar-refractivity contribution >= 4 is 15.7 Å². The molecule has 26 heavy (non-hydrogen) atoms. The van der Waals surface area contributed by atoms with Crippen molar-refractivity contribution in [3.63, 3.8) is 0 Å². The summed E-state index contributed by atoms with van der Waals surface area (Å²) in [6, 6.07) is 14.7. The van der Waals surface area contributed by atoms with Crippen molar-refractivity contribution in [3.05, 3.63) is 65.4 Å². The van der Waals surface area contributed by atoms with Crippen LogP contribution in [0.3, 0.4) is 0 Å². The number of aromatic nitrogens is 1. The zero-order valence-electron chi connectivity index (χ0n) is 14.9. The fraction of sp³-hybridized carbons (Fsp3) is 0.250. The molecule has 0 bridgehead atoms. The van der Waals surface area contributed by atoms with Gasteiger partial charge in [-0.3, -0.25) is 4.31 Å². The Hall–Kier alpha value is -2.60. The van der Waals surface area contributed by atoms with E-state index in [0.29, 0.717) is 16.2 Å². The molecule has 3 aromatic rings. The maximum absolute atomic E-state index is 13.4. The lowest BCUT2D eigenvalue weighted by Crippen LogP contribution is -2.36. The quantitative estimate of drug-likeness (QED) is 0.698. The molecule has 0 amide bonds. The summed E-state index contributed by atoms with van der Waals surface area (Å²) in [4.78, 5) is 0.320. The molecule has 134 valence electrons. The van der Waals surface area contributed by atoms with Crippen molar-refractivity contribution in [1.29, 1.82) is 0 Å². The van der Waals surface area contributed by atoms with Gasteiger partial charge in [0.15, 0.2) is 5.76 Å². The monoisotopic (exact) mass is 368 g/mol. The number of aryl methyl sites for hydroxylation is 2. The summed E-state index contributed by atoms with van der Waals surface area (Å²) in [6.07, 6.45) is 0.726. The first-order chi connectivity index (χ1) is 12.4. The third-order valence-electron chi connectivity index (χ3n) is 4.77. The smallest absolute Gasteiger partial charge is 0.264 e. The van der Waals surface area contributed by atoms with Gasteiger partial charge < -0.3 is 4.52 Å². The lowest BCUT2D eigenvalue weighted by Gasteiger charge is -2.25. The minimum Gasteiger partial charge on any atom is -0.356 e. The van der Waals surface area contributed by atoms with E-state index in [1.54, 1.807) is 16.4 Å². The molecule has 6 heteroatoms. The maximum Gasteiger partial charge on any atom is 0.264 e. The van der Waals surface area contributed by atoms with E-state index in [0.717, 1.165) is 28.9 Å². The van der Waals surface area contributed by atoms with E-state index in [1.165, 1.54) is 0 Å². The zero-order chi connectivity index (χ0) is 18.5. The van der Waals surface area contributed by atoms with E-state index in [4.69, 9.17) is 4.52 Å². The van der Waals surface area contributed by atoms with Gasteiger partial charge in [-0.2, -0.15) is 0 Å². The number of sulfonamides is 1. The lowest BCUT2D eigenvalue weighted by molar-refractivity contribution is 0.427. The number of hydrogen-bond donors (Lipinski definition) is 0. The standard InChI is InChI=1S/C20H20N2O3S/c1-13-10-17(19-11-14(2)21-25-19)8-9-20(13)26(23,24)22-15(3)12-16-6-4-5-7-18(16)22/h4-11,15H,12H2,1-3H3. The predicted octanol–water partition coefficient (Wildman–Crippen LogP) is 4.10. The summed E-state index contributed by atoms with van der Waals surface area (Å²) in [7, 11) is -3.64. The zero-order valence-corrected chi connectivity index (χ0v) is 15.7. The third kappa shape index (κ3) is 2.61. The van der Waals surface area contributed by atoms with Crippen LogP contribution in [-0.2, 0) is 16.4 Å². The first-order valence-corrected chi connectivity index (χ1v) is 9.98. The van der Waals surface area contributed by atoms with Crippen molar-refractivity contribution in [2.45, 2.75) is 38.1 Å². The Bertz CT molecular complexity index is 1090. The van der Waals surface area contributed by atoms with Gasteiger partial charge in [-0.25, -0.2) is 8.42 Å². The second kappa shape index (κ2) is 5.99. The third-order valence-corrected chi connectivity index (χ3v) is 6.86. The van der Waals surface area contributed by atoms with Crippen LogP contribution >= 0.6 is 0 Å². The van der Waals surface area contributed by atoms with Crippen molar-refractivity contribution in [2.24, 2.45) is 0 Å².